The zero-order valence-corrected chi connectivity index (χ0v) is 11.9. The lowest BCUT2D eigenvalue weighted by Crippen LogP contribution is -2.50. The summed E-state index contributed by atoms with van der Waals surface area (Å²) < 4.78 is 5.35. The van der Waals surface area contributed by atoms with Crippen LogP contribution in [0.5, 0.6) is 0 Å². The number of rotatable bonds is 1. The van der Waals surface area contributed by atoms with Crippen LogP contribution in [0.15, 0.2) is 24.3 Å². The van der Waals surface area contributed by atoms with Crippen LogP contribution < -0.4 is 4.90 Å². The molecule has 0 N–H and O–H groups in total. The summed E-state index contributed by atoms with van der Waals surface area (Å²) in [5.41, 5.74) is 3.26. The van der Waals surface area contributed by atoms with Gasteiger partial charge in [0.25, 0.3) is 0 Å². The second kappa shape index (κ2) is 5.75. The molecule has 18 heavy (non-hydrogen) atoms. The summed E-state index contributed by atoms with van der Waals surface area (Å²) in [5, 5.41) is 0. The second-order valence-corrected chi connectivity index (χ2v) is 5.32. The number of nitrogens with zero attached hydrogens (tertiary/aromatic N) is 1. The maximum Gasteiger partial charge on any atom is 0.0546 e. The predicted molar refractivity (Wildman–Crippen MR) is 77.2 cm³/mol. The molecule has 0 atom stereocenters. The molecule has 2 aliphatic heterocycles. The number of hydrogen-bond acceptors (Lipinski definition) is 2. The first kappa shape index (κ1) is 13.4. The fourth-order valence-electron chi connectivity index (χ4n) is 2.67. The third-order valence-corrected chi connectivity index (χ3v) is 4.04. The van der Waals surface area contributed by atoms with E-state index in [-0.39, 0.29) is 0 Å². The minimum atomic E-state index is 0.543. The third kappa shape index (κ3) is 2.69. The van der Waals surface area contributed by atoms with E-state index in [2.05, 4.69) is 36.1 Å². The molecule has 2 aliphatic rings. The number of anilines is 1. The zero-order valence-electron chi connectivity index (χ0n) is 11.9. The maximum atomic E-state index is 5.35. The topological polar surface area (TPSA) is 12.5 Å². The number of aryl methyl sites for hydroxylation is 1. The van der Waals surface area contributed by atoms with Crippen molar-refractivity contribution in [1.29, 1.82) is 0 Å². The van der Waals surface area contributed by atoms with E-state index in [1.165, 1.54) is 37.2 Å². The van der Waals surface area contributed by atoms with E-state index in [1.807, 2.05) is 13.8 Å². The molecule has 2 heteroatoms. The monoisotopic (exact) mass is 247 g/mol. The number of ether oxygens (including phenoxy) is 1. The highest BCUT2D eigenvalue weighted by Crippen LogP contribution is 2.39. The average Bonchev–Trinajstić information content (AvgIpc) is 2.40. The van der Waals surface area contributed by atoms with E-state index >= 15 is 0 Å². The fourth-order valence-corrected chi connectivity index (χ4v) is 2.67. The van der Waals surface area contributed by atoms with E-state index in [0.717, 1.165) is 13.2 Å². The van der Waals surface area contributed by atoms with Gasteiger partial charge in [0.1, 0.15) is 0 Å². The highest BCUT2D eigenvalue weighted by Gasteiger charge is 2.41. The lowest BCUT2D eigenvalue weighted by molar-refractivity contribution is -0.124. The molecular weight excluding hydrogens is 222 g/mol. The third-order valence-electron chi connectivity index (χ3n) is 4.04. The van der Waals surface area contributed by atoms with Crippen molar-refractivity contribution in [2.75, 3.05) is 31.2 Å². The summed E-state index contributed by atoms with van der Waals surface area (Å²) in [7, 11) is 0. The van der Waals surface area contributed by atoms with Gasteiger partial charge in [0.05, 0.1) is 13.2 Å². The minimum Gasteiger partial charge on any atom is -0.380 e. The molecule has 2 fully saturated rings. The highest BCUT2D eigenvalue weighted by molar-refractivity contribution is 5.47. The zero-order chi connectivity index (χ0) is 13.0. The Hall–Kier alpha value is -1.02. The van der Waals surface area contributed by atoms with Gasteiger partial charge >= 0.3 is 0 Å². The lowest BCUT2D eigenvalue weighted by Gasteiger charge is -2.47. The van der Waals surface area contributed by atoms with E-state index < -0.39 is 0 Å². The molecule has 0 radical (unpaired) electrons. The molecule has 0 amide bonds. The Morgan fingerprint density at radius 3 is 2.00 bits per heavy atom. The standard InChI is InChI=1S/C14H19NO.C2H6/c1-12-2-4-13(5-3-12)15-8-6-14(7-9-15)10-16-11-14;1-2/h2-5H,6-11H2,1H3;1-2H3. The molecule has 1 aromatic rings. The number of hydrogen-bond donors (Lipinski definition) is 0. The van der Waals surface area contributed by atoms with Gasteiger partial charge in [0, 0.05) is 24.2 Å². The van der Waals surface area contributed by atoms with Gasteiger partial charge in [-0.05, 0) is 31.9 Å². The van der Waals surface area contributed by atoms with E-state index in [0.29, 0.717) is 5.41 Å². The lowest BCUT2D eigenvalue weighted by atomic mass is 9.77. The first-order valence-corrected chi connectivity index (χ1v) is 7.17. The van der Waals surface area contributed by atoms with Gasteiger partial charge in [-0.25, -0.2) is 0 Å². The molecule has 2 heterocycles. The molecule has 0 saturated carbocycles. The van der Waals surface area contributed by atoms with Crippen LogP contribution in [0.1, 0.15) is 32.3 Å². The summed E-state index contributed by atoms with van der Waals surface area (Å²) in [4.78, 5) is 2.50. The average molecular weight is 247 g/mol. The molecule has 100 valence electrons. The van der Waals surface area contributed by atoms with Crippen molar-refractivity contribution in [3.8, 4) is 0 Å². The SMILES string of the molecule is CC.Cc1ccc(N2CCC3(CC2)COC3)cc1. The molecule has 0 bridgehead atoms. The van der Waals surface area contributed by atoms with Crippen LogP contribution in [-0.4, -0.2) is 26.3 Å². The van der Waals surface area contributed by atoms with Gasteiger partial charge in [-0.3, -0.25) is 0 Å². The van der Waals surface area contributed by atoms with Crippen molar-refractivity contribution in [1.82, 2.24) is 0 Å². The Balaban J connectivity index is 0.000000574. The Kier molecular flexibility index (Phi) is 4.28. The fraction of sp³-hybridized carbons (Fsp3) is 0.625. The van der Waals surface area contributed by atoms with Gasteiger partial charge in [0.2, 0.25) is 0 Å². The summed E-state index contributed by atoms with van der Waals surface area (Å²) in [6.45, 7) is 10.5. The molecule has 3 rings (SSSR count). The van der Waals surface area contributed by atoms with Gasteiger partial charge in [-0.1, -0.05) is 31.5 Å². The van der Waals surface area contributed by atoms with Crippen LogP contribution in [0.3, 0.4) is 0 Å². The molecule has 1 aromatic carbocycles. The Morgan fingerprint density at radius 2 is 1.56 bits per heavy atom. The van der Waals surface area contributed by atoms with Crippen LogP contribution in [0.2, 0.25) is 0 Å². The van der Waals surface area contributed by atoms with Crippen LogP contribution in [0, 0.1) is 12.3 Å². The van der Waals surface area contributed by atoms with Crippen molar-refractivity contribution in [2.24, 2.45) is 5.41 Å². The Bertz CT molecular complexity index is 357. The highest BCUT2D eigenvalue weighted by atomic mass is 16.5. The van der Waals surface area contributed by atoms with Crippen LogP contribution in [0.4, 0.5) is 5.69 Å². The van der Waals surface area contributed by atoms with Crippen molar-refractivity contribution in [3.05, 3.63) is 29.8 Å². The minimum absolute atomic E-state index is 0.543. The largest absolute Gasteiger partial charge is 0.380 e. The molecule has 0 aliphatic carbocycles. The number of piperidine rings is 1. The van der Waals surface area contributed by atoms with Crippen molar-refractivity contribution >= 4 is 5.69 Å². The summed E-state index contributed by atoms with van der Waals surface area (Å²) in [6.07, 6.45) is 2.59. The summed E-state index contributed by atoms with van der Waals surface area (Å²) in [5.74, 6) is 0. The first-order chi connectivity index (χ1) is 8.77. The Morgan fingerprint density at radius 1 is 1.00 bits per heavy atom. The molecule has 0 unspecified atom stereocenters. The van der Waals surface area contributed by atoms with Gasteiger partial charge in [-0.2, -0.15) is 0 Å². The van der Waals surface area contributed by atoms with Gasteiger partial charge in [0.15, 0.2) is 0 Å². The van der Waals surface area contributed by atoms with Crippen molar-refractivity contribution in [2.45, 2.75) is 33.6 Å². The predicted octanol–water partition coefficient (Wildman–Crippen LogP) is 3.64. The second-order valence-electron chi connectivity index (χ2n) is 5.32. The quantitative estimate of drug-likeness (QED) is 0.751. The van der Waals surface area contributed by atoms with Gasteiger partial charge < -0.3 is 9.64 Å². The summed E-state index contributed by atoms with van der Waals surface area (Å²) >= 11 is 0. The van der Waals surface area contributed by atoms with Gasteiger partial charge in [-0.15, -0.1) is 0 Å². The first-order valence-electron chi connectivity index (χ1n) is 7.17. The van der Waals surface area contributed by atoms with Crippen LogP contribution in [-0.2, 0) is 4.74 Å². The molecule has 2 saturated heterocycles. The van der Waals surface area contributed by atoms with Crippen molar-refractivity contribution in [3.63, 3.8) is 0 Å². The van der Waals surface area contributed by atoms with E-state index in [1.54, 1.807) is 0 Å². The molecular formula is C16H25NO. The summed E-state index contributed by atoms with van der Waals surface area (Å²) in [6, 6.07) is 8.88. The smallest absolute Gasteiger partial charge is 0.0546 e. The molecule has 0 aromatic heterocycles. The van der Waals surface area contributed by atoms with E-state index in [4.69, 9.17) is 4.74 Å². The molecule has 1 spiro atoms. The number of benzene rings is 1. The van der Waals surface area contributed by atoms with Crippen molar-refractivity contribution < 1.29 is 4.74 Å². The molecule has 2 nitrogen and oxygen atoms in total. The normalized spacial score (nSPS) is 20.9. The van der Waals surface area contributed by atoms with Crippen LogP contribution in [0.25, 0.3) is 0 Å². The maximum absolute atomic E-state index is 5.35. The van der Waals surface area contributed by atoms with Crippen LogP contribution >= 0.6 is 0 Å². The van der Waals surface area contributed by atoms with E-state index in [9.17, 15) is 0 Å². The Labute approximate surface area is 111 Å².